The molecule has 0 heterocycles. The second-order valence-corrected chi connectivity index (χ2v) is 14.0. The number of hydrogen-bond donors (Lipinski definition) is 2. The van der Waals surface area contributed by atoms with Gasteiger partial charge >= 0.3 is 33.0 Å². The van der Waals surface area contributed by atoms with Gasteiger partial charge in [-0.25, -0.2) is 4.99 Å². The molecule has 3 rings (SSSR count). The standard InChI is InChI=1S/C34H44N2.F6P/c1-22(2)28-17-13-18-29(23(3)4)33(28)35-26(9)21-32(27-15-11-10-12-16-27)36-34-30(24(5)6)19-14-20-31(34)25(7)8;1-7(2,3,4,5)6/h10-25,35H,1-9H3;/q;-1/p+1/b26-21+,36-32?;. The fourth-order valence-corrected chi connectivity index (χ4v) is 4.78. The molecule has 0 atom stereocenters. The SMILES string of the molecule is C/C(=C\C(=[NH+]c1c(C(C)C)cccc1C(C)C)c1ccccc1)Nc1c(C(C)C)cccc1C(C)C.F[P-](F)(F)(F)(F)F. The Bertz CT molecular complexity index is 1380. The number of benzene rings is 3. The van der Waals surface area contributed by atoms with Crippen LogP contribution in [-0.4, -0.2) is 5.71 Å². The van der Waals surface area contributed by atoms with E-state index in [0.717, 1.165) is 11.4 Å². The summed E-state index contributed by atoms with van der Waals surface area (Å²) in [5.74, 6) is 1.75. The number of nitrogens with one attached hydrogen (secondary N) is 2. The number of anilines is 1. The van der Waals surface area contributed by atoms with Crippen LogP contribution in [0.4, 0.5) is 36.6 Å². The maximum atomic E-state index is 9.87. The molecular formula is C34H45F6N2P. The third-order valence-electron chi connectivity index (χ3n) is 6.77. The Morgan fingerprint density at radius 3 is 1.35 bits per heavy atom. The molecule has 0 aliphatic carbocycles. The van der Waals surface area contributed by atoms with Gasteiger partial charge in [-0.15, -0.1) is 0 Å². The zero-order chi connectivity index (χ0) is 32.8. The van der Waals surface area contributed by atoms with Crippen molar-refractivity contribution in [1.29, 1.82) is 0 Å². The minimum atomic E-state index is -10.7. The van der Waals surface area contributed by atoms with Crippen molar-refractivity contribution in [3.8, 4) is 0 Å². The Balaban J connectivity index is 0.000000821. The molecule has 238 valence electrons. The normalized spacial score (nSPS) is 14.5. The van der Waals surface area contributed by atoms with Crippen LogP contribution in [0.3, 0.4) is 0 Å². The molecule has 0 fully saturated rings. The molecule has 43 heavy (non-hydrogen) atoms. The molecule has 2 nitrogen and oxygen atoms in total. The van der Waals surface area contributed by atoms with E-state index in [0.29, 0.717) is 23.7 Å². The minimum absolute atomic E-state index is 0.429. The van der Waals surface area contributed by atoms with Crippen LogP contribution in [0, 0.1) is 0 Å². The summed E-state index contributed by atoms with van der Waals surface area (Å²) in [7, 11) is -10.7. The molecule has 0 bridgehead atoms. The summed E-state index contributed by atoms with van der Waals surface area (Å²) in [4.78, 5) is 3.89. The first-order valence-electron chi connectivity index (χ1n) is 14.5. The van der Waals surface area contributed by atoms with Gasteiger partial charge in [0.05, 0.1) is 0 Å². The van der Waals surface area contributed by atoms with Gasteiger partial charge in [0.1, 0.15) is 0 Å². The summed E-state index contributed by atoms with van der Waals surface area (Å²) in [6.07, 6.45) is 2.26. The molecule has 2 N–H and O–H groups in total. The Kier molecular flexibility index (Phi) is 11.1. The van der Waals surface area contributed by atoms with Crippen molar-refractivity contribution in [2.45, 2.75) is 86.0 Å². The predicted octanol–water partition coefficient (Wildman–Crippen LogP) is 11.8. The predicted molar refractivity (Wildman–Crippen MR) is 171 cm³/mol. The molecule has 0 saturated heterocycles. The van der Waals surface area contributed by atoms with Crippen LogP contribution in [0.2, 0.25) is 0 Å². The molecule has 0 saturated carbocycles. The molecule has 0 spiro atoms. The van der Waals surface area contributed by atoms with E-state index in [1.54, 1.807) is 0 Å². The first-order valence-corrected chi connectivity index (χ1v) is 16.5. The van der Waals surface area contributed by atoms with Crippen LogP contribution < -0.4 is 10.3 Å². The van der Waals surface area contributed by atoms with Crippen molar-refractivity contribution in [1.82, 2.24) is 0 Å². The Morgan fingerprint density at radius 1 is 0.605 bits per heavy atom. The summed E-state index contributed by atoms with van der Waals surface area (Å²) >= 11 is 0. The zero-order valence-corrected chi connectivity index (χ0v) is 27.3. The third kappa shape index (κ3) is 12.6. The van der Waals surface area contributed by atoms with E-state index in [4.69, 9.17) is 0 Å². The van der Waals surface area contributed by atoms with Crippen molar-refractivity contribution in [2.24, 2.45) is 0 Å². The van der Waals surface area contributed by atoms with Crippen molar-refractivity contribution in [3.63, 3.8) is 0 Å². The van der Waals surface area contributed by atoms with Gasteiger partial charge in [-0.2, -0.15) is 0 Å². The second kappa shape index (κ2) is 13.3. The molecule has 0 aliphatic rings. The van der Waals surface area contributed by atoms with Gasteiger partial charge in [0.25, 0.3) is 0 Å². The average Bonchev–Trinajstić information content (AvgIpc) is 2.86. The zero-order valence-electron chi connectivity index (χ0n) is 26.5. The molecule has 0 amide bonds. The van der Waals surface area contributed by atoms with Crippen LogP contribution >= 0.6 is 7.81 Å². The van der Waals surface area contributed by atoms with E-state index in [1.165, 1.54) is 39.2 Å². The van der Waals surface area contributed by atoms with Crippen molar-refractivity contribution in [2.75, 3.05) is 5.32 Å². The van der Waals surface area contributed by atoms with Gasteiger partial charge in [-0.1, -0.05) is 110 Å². The number of hydrogen-bond acceptors (Lipinski definition) is 1. The third-order valence-corrected chi connectivity index (χ3v) is 6.77. The van der Waals surface area contributed by atoms with Crippen molar-refractivity contribution < 1.29 is 30.2 Å². The van der Waals surface area contributed by atoms with Gasteiger partial charge in [-0.05, 0) is 53.9 Å². The summed E-state index contributed by atoms with van der Waals surface area (Å²) in [5, 5.41) is 3.80. The van der Waals surface area contributed by atoms with Gasteiger partial charge in [0, 0.05) is 34.2 Å². The number of para-hydroxylation sites is 2. The summed E-state index contributed by atoms with van der Waals surface area (Å²) < 4.78 is 59.2. The van der Waals surface area contributed by atoms with Gasteiger partial charge < -0.3 is 5.32 Å². The summed E-state index contributed by atoms with van der Waals surface area (Å²) in [6, 6.07) is 24.0. The first kappa shape index (κ1) is 36.1. The number of halogens is 6. The summed E-state index contributed by atoms with van der Waals surface area (Å²) in [5.41, 5.74) is 11.3. The first-order chi connectivity index (χ1) is 19.5. The van der Waals surface area contributed by atoms with E-state index < -0.39 is 7.81 Å². The van der Waals surface area contributed by atoms with Gasteiger partial charge in [-0.3, -0.25) is 0 Å². The van der Waals surface area contributed by atoms with Crippen LogP contribution in [0.15, 0.2) is 78.5 Å². The topological polar surface area (TPSA) is 26.0 Å². The van der Waals surface area contributed by atoms with Crippen LogP contribution in [0.25, 0.3) is 0 Å². The van der Waals surface area contributed by atoms with E-state index in [-0.39, 0.29) is 0 Å². The molecule has 0 aromatic heterocycles. The molecule has 0 unspecified atom stereocenters. The summed E-state index contributed by atoms with van der Waals surface area (Å²) in [6.45, 7) is 20.3. The Labute approximate surface area is 252 Å². The average molecular weight is 627 g/mol. The Hall–Kier alpha value is -3.12. The van der Waals surface area contributed by atoms with E-state index in [1.807, 2.05) is 0 Å². The van der Waals surface area contributed by atoms with Crippen molar-refractivity contribution >= 4 is 24.9 Å². The quantitative estimate of drug-likeness (QED) is 0.138. The van der Waals surface area contributed by atoms with Crippen LogP contribution in [0.1, 0.15) is 114 Å². The molecule has 3 aromatic carbocycles. The van der Waals surface area contributed by atoms with Crippen molar-refractivity contribution in [3.05, 3.63) is 106 Å². The molecule has 0 radical (unpaired) electrons. The van der Waals surface area contributed by atoms with Crippen LogP contribution in [0.5, 0.6) is 0 Å². The molecule has 0 aliphatic heterocycles. The monoisotopic (exact) mass is 626 g/mol. The Morgan fingerprint density at radius 2 is 0.977 bits per heavy atom. The maximum absolute atomic E-state index is 10.7. The fraction of sp³-hybridized carbons (Fsp3) is 0.382. The molecule has 3 aromatic rings. The fourth-order valence-electron chi connectivity index (χ4n) is 4.78. The molecular weight excluding hydrogens is 581 g/mol. The second-order valence-electron chi connectivity index (χ2n) is 12.1. The van der Waals surface area contributed by atoms with E-state index >= 15 is 0 Å². The van der Waals surface area contributed by atoms with E-state index in [2.05, 4.69) is 145 Å². The number of rotatable bonds is 9. The molecule has 9 heteroatoms. The number of allylic oxidation sites excluding steroid dienone is 2. The van der Waals surface area contributed by atoms with E-state index in [9.17, 15) is 25.2 Å². The van der Waals surface area contributed by atoms with Gasteiger partial charge in [0.2, 0.25) is 11.4 Å². The van der Waals surface area contributed by atoms with Crippen LogP contribution in [-0.2, 0) is 0 Å². The van der Waals surface area contributed by atoms with Gasteiger partial charge in [0.15, 0.2) is 0 Å².